The summed E-state index contributed by atoms with van der Waals surface area (Å²) < 4.78 is 0. The van der Waals surface area contributed by atoms with Crippen LogP contribution in [-0.2, 0) is 9.59 Å². The first-order valence-electron chi connectivity index (χ1n) is 6.92. The first-order valence-corrected chi connectivity index (χ1v) is 6.92. The number of carbonyl (C=O) groups excluding carboxylic acids is 2. The molecule has 0 spiro atoms. The molecular weight excluding hydrogens is 254 g/mol. The zero-order valence-corrected chi connectivity index (χ0v) is 12.0. The number of amides is 2. The molecule has 1 atom stereocenters. The maximum Gasteiger partial charge on any atom is 0.249 e. The van der Waals surface area contributed by atoms with Crippen LogP contribution in [0.3, 0.4) is 0 Å². The molecule has 0 radical (unpaired) electrons. The van der Waals surface area contributed by atoms with Crippen molar-refractivity contribution in [2.75, 3.05) is 32.1 Å². The number of anilines is 1. The Morgan fingerprint density at radius 1 is 1.40 bits per heavy atom. The molecule has 1 heterocycles. The molecule has 1 aromatic carbocycles. The van der Waals surface area contributed by atoms with Gasteiger partial charge in [0.2, 0.25) is 11.8 Å². The minimum Gasteiger partial charge on any atom is -0.333 e. The molecule has 1 aromatic rings. The lowest BCUT2D eigenvalue weighted by Gasteiger charge is -2.36. The van der Waals surface area contributed by atoms with Gasteiger partial charge in [0.1, 0.15) is 6.04 Å². The van der Waals surface area contributed by atoms with Gasteiger partial charge in [0.25, 0.3) is 0 Å². The van der Waals surface area contributed by atoms with Gasteiger partial charge >= 0.3 is 0 Å². The fourth-order valence-electron chi connectivity index (χ4n) is 2.53. The van der Waals surface area contributed by atoms with Crippen LogP contribution in [0.25, 0.3) is 0 Å². The van der Waals surface area contributed by atoms with Crippen LogP contribution in [0.4, 0.5) is 5.69 Å². The summed E-state index contributed by atoms with van der Waals surface area (Å²) in [5.41, 5.74) is 0.900. The fourth-order valence-corrected chi connectivity index (χ4v) is 2.53. The molecule has 2 rings (SSSR count). The highest BCUT2D eigenvalue weighted by Crippen LogP contribution is 2.23. The lowest BCUT2D eigenvalue weighted by molar-refractivity contribution is -0.138. The monoisotopic (exact) mass is 275 g/mol. The molecule has 108 valence electrons. The molecule has 1 aliphatic heterocycles. The Bertz CT molecular complexity index is 475. The fraction of sp³-hybridized carbons (Fsp3) is 0.467. The predicted octanol–water partition coefficient (Wildman–Crippen LogP) is 0.860. The van der Waals surface area contributed by atoms with Gasteiger partial charge in [-0.25, -0.2) is 0 Å². The summed E-state index contributed by atoms with van der Waals surface area (Å²) in [5.74, 6) is -0.0461. The molecule has 5 nitrogen and oxygen atoms in total. The van der Waals surface area contributed by atoms with Crippen molar-refractivity contribution in [2.45, 2.75) is 18.9 Å². The van der Waals surface area contributed by atoms with Crippen molar-refractivity contribution in [1.82, 2.24) is 10.2 Å². The van der Waals surface area contributed by atoms with Gasteiger partial charge < -0.3 is 15.1 Å². The normalized spacial score (nSPS) is 19.0. The van der Waals surface area contributed by atoms with Gasteiger partial charge in [-0.2, -0.15) is 0 Å². The summed E-state index contributed by atoms with van der Waals surface area (Å²) in [6.45, 7) is 0.971. The molecular formula is C15H21N3O2. The lowest BCUT2D eigenvalue weighted by atomic mass is 10.0. The van der Waals surface area contributed by atoms with E-state index in [1.54, 1.807) is 23.9 Å². The van der Waals surface area contributed by atoms with Gasteiger partial charge in [-0.3, -0.25) is 9.59 Å². The van der Waals surface area contributed by atoms with Gasteiger partial charge in [0.05, 0.1) is 6.54 Å². The molecule has 0 bridgehead atoms. The number of piperidine rings is 1. The van der Waals surface area contributed by atoms with Crippen molar-refractivity contribution >= 4 is 17.5 Å². The van der Waals surface area contributed by atoms with Gasteiger partial charge in [0.15, 0.2) is 0 Å². The summed E-state index contributed by atoms with van der Waals surface area (Å²) in [6.07, 6.45) is 1.64. The zero-order chi connectivity index (χ0) is 14.5. The number of likely N-dealkylation sites (N-methyl/N-ethyl adjacent to an activating group) is 2. The van der Waals surface area contributed by atoms with Crippen LogP contribution in [0, 0.1) is 0 Å². The third-order valence-electron chi connectivity index (χ3n) is 3.67. The molecule has 0 saturated carbocycles. The minimum atomic E-state index is -0.357. The van der Waals surface area contributed by atoms with Crippen LogP contribution in [0.2, 0.25) is 0 Å². The Labute approximate surface area is 119 Å². The lowest BCUT2D eigenvalue weighted by Crippen LogP contribution is -2.54. The third-order valence-corrected chi connectivity index (χ3v) is 3.67. The van der Waals surface area contributed by atoms with Crippen LogP contribution < -0.4 is 10.2 Å². The standard InChI is InChI=1S/C15H21N3O2/c1-16-11-14(19)17(2)13-9-6-10-18(15(13)20)12-7-4-3-5-8-12/h3-5,7-8,13,16H,6,9-11H2,1-2H3. The second-order valence-corrected chi connectivity index (χ2v) is 5.02. The summed E-state index contributed by atoms with van der Waals surface area (Å²) in [5, 5.41) is 2.83. The Kier molecular flexibility index (Phi) is 4.74. The number of nitrogens with zero attached hydrogens (tertiary/aromatic N) is 2. The van der Waals surface area contributed by atoms with Crippen molar-refractivity contribution in [3.63, 3.8) is 0 Å². The highest BCUT2D eigenvalue weighted by atomic mass is 16.2. The van der Waals surface area contributed by atoms with E-state index in [-0.39, 0.29) is 24.4 Å². The number of carbonyl (C=O) groups is 2. The van der Waals surface area contributed by atoms with Gasteiger partial charge in [0, 0.05) is 19.3 Å². The molecule has 1 aliphatic rings. The van der Waals surface area contributed by atoms with Gasteiger partial charge in [-0.05, 0) is 32.0 Å². The number of hydrogen-bond donors (Lipinski definition) is 1. The van der Waals surface area contributed by atoms with Crippen LogP contribution in [0.5, 0.6) is 0 Å². The number of rotatable bonds is 4. The van der Waals surface area contributed by atoms with Crippen molar-refractivity contribution in [2.24, 2.45) is 0 Å². The number of nitrogens with one attached hydrogen (secondary N) is 1. The topological polar surface area (TPSA) is 52.7 Å². The number of para-hydroxylation sites is 1. The van der Waals surface area contributed by atoms with Gasteiger partial charge in [-0.1, -0.05) is 18.2 Å². The molecule has 1 saturated heterocycles. The number of benzene rings is 1. The van der Waals surface area contributed by atoms with E-state index in [0.717, 1.165) is 18.5 Å². The van der Waals surface area contributed by atoms with Crippen LogP contribution in [0.1, 0.15) is 12.8 Å². The van der Waals surface area contributed by atoms with E-state index in [4.69, 9.17) is 0 Å². The third kappa shape index (κ3) is 2.99. The SMILES string of the molecule is CNCC(=O)N(C)C1CCCN(c2ccccc2)C1=O. The summed E-state index contributed by atoms with van der Waals surface area (Å²) in [6, 6.07) is 9.26. The predicted molar refractivity (Wildman–Crippen MR) is 78.5 cm³/mol. The summed E-state index contributed by atoms with van der Waals surface area (Å²) in [4.78, 5) is 27.9. The summed E-state index contributed by atoms with van der Waals surface area (Å²) >= 11 is 0. The van der Waals surface area contributed by atoms with E-state index in [1.807, 2.05) is 30.3 Å². The highest BCUT2D eigenvalue weighted by molar-refractivity contribution is 5.99. The van der Waals surface area contributed by atoms with E-state index in [9.17, 15) is 9.59 Å². The average molecular weight is 275 g/mol. The molecule has 1 unspecified atom stereocenters. The van der Waals surface area contributed by atoms with Crippen LogP contribution in [-0.4, -0.2) is 49.9 Å². The Morgan fingerprint density at radius 2 is 2.10 bits per heavy atom. The molecule has 0 aromatic heterocycles. The Hall–Kier alpha value is -1.88. The van der Waals surface area contributed by atoms with Crippen LogP contribution >= 0.6 is 0 Å². The minimum absolute atomic E-state index is 0.00871. The van der Waals surface area contributed by atoms with Crippen molar-refractivity contribution in [3.8, 4) is 0 Å². The first kappa shape index (κ1) is 14.5. The second kappa shape index (κ2) is 6.52. The Balaban J connectivity index is 2.13. The maximum absolute atomic E-state index is 12.6. The molecule has 0 aliphatic carbocycles. The van der Waals surface area contributed by atoms with E-state index in [0.29, 0.717) is 6.54 Å². The molecule has 20 heavy (non-hydrogen) atoms. The largest absolute Gasteiger partial charge is 0.333 e. The quantitative estimate of drug-likeness (QED) is 0.886. The first-order chi connectivity index (χ1) is 9.65. The number of hydrogen-bond acceptors (Lipinski definition) is 3. The van der Waals surface area contributed by atoms with Crippen LogP contribution in [0.15, 0.2) is 30.3 Å². The Morgan fingerprint density at radius 3 is 2.75 bits per heavy atom. The van der Waals surface area contributed by atoms with E-state index in [2.05, 4.69) is 5.32 Å². The smallest absolute Gasteiger partial charge is 0.249 e. The van der Waals surface area contributed by atoms with E-state index < -0.39 is 0 Å². The molecule has 5 heteroatoms. The highest BCUT2D eigenvalue weighted by Gasteiger charge is 2.34. The maximum atomic E-state index is 12.6. The van der Waals surface area contributed by atoms with Gasteiger partial charge in [-0.15, -0.1) is 0 Å². The van der Waals surface area contributed by atoms with Crippen molar-refractivity contribution < 1.29 is 9.59 Å². The second-order valence-electron chi connectivity index (χ2n) is 5.02. The van der Waals surface area contributed by atoms with E-state index >= 15 is 0 Å². The van der Waals surface area contributed by atoms with E-state index in [1.165, 1.54) is 0 Å². The molecule has 1 N–H and O–H groups in total. The zero-order valence-electron chi connectivity index (χ0n) is 12.0. The van der Waals surface area contributed by atoms with Crippen molar-refractivity contribution in [1.29, 1.82) is 0 Å². The summed E-state index contributed by atoms with van der Waals surface area (Å²) in [7, 11) is 3.43. The molecule has 1 fully saturated rings. The molecule has 2 amide bonds. The average Bonchev–Trinajstić information content (AvgIpc) is 2.48. The van der Waals surface area contributed by atoms with Crippen molar-refractivity contribution in [3.05, 3.63) is 30.3 Å².